The third-order valence-electron chi connectivity index (χ3n) is 3.90. The van der Waals surface area contributed by atoms with Gasteiger partial charge in [-0.2, -0.15) is 0 Å². The Hall–Kier alpha value is -1.45. The lowest BCUT2D eigenvalue weighted by atomic mass is 9.95. The molecule has 0 aliphatic carbocycles. The third-order valence-corrected chi connectivity index (χ3v) is 3.90. The maximum Gasteiger partial charge on any atom is 0.0766 e. The van der Waals surface area contributed by atoms with Crippen LogP contribution in [0.3, 0.4) is 0 Å². The summed E-state index contributed by atoms with van der Waals surface area (Å²) < 4.78 is 5.76. The Morgan fingerprint density at radius 2 is 1.95 bits per heavy atom. The normalized spacial score (nSPS) is 14.2. The first kappa shape index (κ1) is 15.9. The number of nitrogens with zero attached hydrogens (tertiary/aromatic N) is 1. The van der Waals surface area contributed by atoms with Crippen LogP contribution in [0.2, 0.25) is 0 Å². The molecule has 2 unspecified atom stereocenters. The van der Waals surface area contributed by atoms with Gasteiger partial charge in [0.25, 0.3) is 0 Å². The van der Waals surface area contributed by atoms with Crippen LogP contribution >= 0.6 is 0 Å². The van der Waals surface area contributed by atoms with E-state index < -0.39 is 0 Å². The van der Waals surface area contributed by atoms with Crippen molar-refractivity contribution in [3.8, 4) is 0 Å². The molecule has 1 N–H and O–H groups in total. The van der Waals surface area contributed by atoms with Crippen molar-refractivity contribution < 1.29 is 4.74 Å². The van der Waals surface area contributed by atoms with Gasteiger partial charge < -0.3 is 10.1 Å². The third kappa shape index (κ3) is 3.80. The van der Waals surface area contributed by atoms with Crippen LogP contribution in [0.25, 0.3) is 10.8 Å². The summed E-state index contributed by atoms with van der Waals surface area (Å²) in [7, 11) is 1.81. The summed E-state index contributed by atoms with van der Waals surface area (Å²) in [4.78, 5) is 4.42. The Labute approximate surface area is 127 Å². The van der Waals surface area contributed by atoms with Crippen molar-refractivity contribution in [1.29, 1.82) is 0 Å². The highest BCUT2D eigenvalue weighted by Crippen LogP contribution is 2.28. The van der Waals surface area contributed by atoms with Crippen LogP contribution in [0.5, 0.6) is 0 Å². The van der Waals surface area contributed by atoms with Crippen molar-refractivity contribution in [3.05, 3.63) is 42.2 Å². The van der Waals surface area contributed by atoms with E-state index in [0.717, 1.165) is 25.8 Å². The lowest BCUT2D eigenvalue weighted by molar-refractivity contribution is 0.0609. The van der Waals surface area contributed by atoms with Crippen LogP contribution in [-0.4, -0.2) is 24.7 Å². The topological polar surface area (TPSA) is 34.2 Å². The number of fused-ring (bicyclic) bond motifs is 1. The zero-order valence-electron chi connectivity index (χ0n) is 13.3. The summed E-state index contributed by atoms with van der Waals surface area (Å²) in [6.45, 7) is 5.37. The van der Waals surface area contributed by atoms with Crippen LogP contribution in [0.15, 0.2) is 36.7 Å². The second-order valence-electron chi connectivity index (χ2n) is 5.44. The second-order valence-corrected chi connectivity index (χ2v) is 5.44. The first-order valence-electron chi connectivity index (χ1n) is 7.90. The number of methoxy groups -OCH3 is 1. The number of ether oxygens (including phenoxy) is 1. The zero-order chi connectivity index (χ0) is 15.1. The van der Waals surface area contributed by atoms with E-state index in [9.17, 15) is 0 Å². The van der Waals surface area contributed by atoms with Gasteiger partial charge in [-0.05, 0) is 30.3 Å². The summed E-state index contributed by atoms with van der Waals surface area (Å²) >= 11 is 0. The molecule has 0 spiro atoms. The van der Waals surface area contributed by atoms with Crippen LogP contribution in [0.1, 0.15) is 44.7 Å². The van der Waals surface area contributed by atoms with Crippen molar-refractivity contribution in [2.45, 2.75) is 45.3 Å². The molecule has 2 aromatic rings. The number of aromatic nitrogens is 1. The molecule has 0 amide bonds. The zero-order valence-corrected chi connectivity index (χ0v) is 13.3. The van der Waals surface area contributed by atoms with Gasteiger partial charge in [0.2, 0.25) is 0 Å². The van der Waals surface area contributed by atoms with Gasteiger partial charge in [0.05, 0.1) is 12.1 Å². The fourth-order valence-electron chi connectivity index (χ4n) is 2.83. The predicted octanol–water partition coefficient (Wildman–Crippen LogP) is 4.09. The Balaban J connectivity index is 2.42. The molecule has 0 fully saturated rings. The molecular formula is C18H26N2O. The van der Waals surface area contributed by atoms with Gasteiger partial charge >= 0.3 is 0 Å². The predicted molar refractivity (Wildman–Crippen MR) is 88.5 cm³/mol. The smallest absolute Gasteiger partial charge is 0.0766 e. The van der Waals surface area contributed by atoms with E-state index in [1.54, 1.807) is 7.11 Å². The molecule has 1 aromatic heterocycles. The Morgan fingerprint density at radius 3 is 2.67 bits per heavy atom. The van der Waals surface area contributed by atoms with Crippen molar-refractivity contribution >= 4 is 10.8 Å². The monoisotopic (exact) mass is 286 g/mol. The van der Waals surface area contributed by atoms with Crippen molar-refractivity contribution in [2.24, 2.45) is 0 Å². The van der Waals surface area contributed by atoms with Gasteiger partial charge in [-0.1, -0.05) is 44.5 Å². The molecule has 0 saturated carbocycles. The standard InChI is InChI=1S/C18H26N2O/c1-4-8-17(21-3)18(20-11-5-2)16-13-19-12-14-9-6-7-10-15(14)16/h6-7,9-10,12-13,17-18,20H,4-5,8,11H2,1-3H3. The minimum absolute atomic E-state index is 0.175. The maximum atomic E-state index is 5.76. The number of hydrogen-bond acceptors (Lipinski definition) is 3. The minimum Gasteiger partial charge on any atom is -0.379 e. The molecule has 0 radical (unpaired) electrons. The summed E-state index contributed by atoms with van der Waals surface area (Å²) in [6.07, 6.45) is 7.35. The van der Waals surface area contributed by atoms with E-state index in [-0.39, 0.29) is 12.1 Å². The molecule has 0 aliphatic heterocycles. The Morgan fingerprint density at radius 1 is 1.14 bits per heavy atom. The fourth-order valence-corrected chi connectivity index (χ4v) is 2.83. The van der Waals surface area contributed by atoms with Crippen molar-refractivity contribution in [2.75, 3.05) is 13.7 Å². The van der Waals surface area contributed by atoms with Crippen LogP contribution in [0.4, 0.5) is 0 Å². The molecule has 1 heterocycles. The molecule has 1 aromatic carbocycles. The highest BCUT2D eigenvalue weighted by atomic mass is 16.5. The average Bonchev–Trinajstić information content (AvgIpc) is 2.54. The van der Waals surface area contributed by atoms with Crippen LogP contribution in [0, 0.1) is 0 Å². The molecule has 0 bridgehead atoms. The highest BCUT2D eigenvalue weighted by molar-refractivity contribution is 5.85. The molecule has 114 valence electrons. The summed E-state index contributed by atoms with van der Waals surface area (Å²) in [5.74, 6) is 0. The van der Waals surface area contributed by atoms with Crippen molar-refractivity contribution in [3.63, 3.8) is 0 Å². The first-order valence-corrected chi connectivity index (χ1v) is 7.90. The van der Waals surface area contributed by atoms with Gasteiger partial charge in [0, 0.05) is 24.9 Å². The average molecular weight is 286 g/mol. The maximum absolute atomic E-state index is 5.76. The number of nitrogens with one attached hydrogen (secondary N) is 1. The number of hydrogen-bond donors (Lipinski definition) is 1. The fraction of sp³-hybridized carbons (Fsp3) is 0.500. The van der Waals surface area contributed by atoms with Crippen molar-refractivity contribution in [1.82, 2.24) is 10.3 Å². The SMILES string of the molecule is CCCNC(c1cncc2ccccc12)C(CCC)OC. The molecule has 2 rings (SSSR count). The van der Waals surface area contributed by atoms with E-state index in [2.05, 4.69) is 48.4 Å². The minimum atomic E-state index is 0.175. The Bertz CT molecular complexity index is 550. The first-order chi connectivity index (χ1) is 10.3. The summed E-state index contributed by atoms with van der Waals surface area (Å²) in [5.41, 5.74) is 1.24. The van der Waals surface area contributed by atoms with Gasteiger partial charge in [-0.15, -0.1) is 0 Å². The molecule has 0 aliphatic rings. The van der Waals surface area contributed by atoms with Gasteiger partial charge in [0.15, 0.2) is 0 Å². The van der Waals surface area contributed by atoms with E-state index in [1.165, 1.54) is 16.3 Å². The van der Waals surface area contributed by atoms with E-state index in [0.29, 0.717) is 0 Å². The number of rotatable bonds is 8. The molecular weight excluding hydrogens is 260 g/mol. The largest absolute Gasteiger partial charge is 0.379 e. The highest BCUT2D eigenvalue weighted by Gasteiger charge is 2.23. The molecule has 21 heavy (non-hydrogen) atoms. The number of pyridine rings is 1. The summed E-state index contributed by atoms with van der Waals surface area (Å²) in [5, 5.41) is 6.10. The van der Waals surface area contributed by atoms with Gasteiger partial charge in [-0.25, -0.2) is 0 Å². The lowest BCUT2D eigenvalue weighted by Crippen LogP contribution is -2.34. The summed E-state index contributed by atoms with van der Waals surface area (Å²) in [6, 6.07) is 8.62. The Kier molecular flexibility index (Phi) is 6.15. The van der Waals surface area contributed by atoms with E-state index in [1.807, 2.05) is 12.4 Å². The lowest BCUT2D eigenvalue weighted by Gasteiger charge is -2.28. The molecule has 3 nitrogen and oxygen atoms in total. The van der Waals surface area contributed by atoms with Crippen LogP contribution < -0.4 is 5.32 Å². The van der Waals surface area contributed by atoms with Crippen LogP contribution in [-0.2, 0) is 4.74 Å². The van der Waals surface area contributed by atoms with Gasteiger partial charge in [0.1, 0.15) is 0 Å². The van der Waals surface area contributed by atoms with Gasteiger partial charge in [-0.3, -0.25) is 4.98 Å². The van der Waals surface area contributed by atoms with E-state index in [4.69, 9.17) is 4.74 Å². The molecule has 2 atom stereocenters. The van der Waals surface area contributed by atoms with E-state index >= 15 is 0 Å². The number of benzene rings is 1. The quantitative estimate of drug-likeness (QED) is 0.793. The molecule has 0 saturated heterocycles. The second kappa shape index (κ2) is 8.11. The molecule has 3 heteroatoms.